The number of rotatable bonds is 5. The molecule has 2 aromatic rings. The number of hydrogen-bond donors (Lipinski definition) is 1. The molecule has 0 saturated carbocycles. The monoisotopic (exact) mass is 291 g/mol. The lowest BCUT2D eigenvalue weighted by molar-refractivity contribution is -0.385. The van der Waals surface area contributed by atoms with Crippen molar-refractivity contribution in [2.75, 3.05) is 6.61 Å². The van der Waals surface area contributed by atoms with E-state index in [4.69, 9.17) is 4.74 Å². The molecular weight excluding hydrogens is 277 g/mol. The highest BCUT2D eigenvalue weighted by molar-refractivity contribution is 5.45. The third kappa shape index (κ3) is 3.76. The fourth-order valence-electron chi connectivity index (χ4n) is 1.83. The van der Waals surface area contributed by atoms with Crippen LogP contribution in [0.15, 0.2) is 42.5 Å². The largest absolute Gasteiger partial charge is 0.490 e. The van der Waals surface area contributed by atoms with Crippen LogP contribution in [-0.4, -0.2) is 16.6 Å². The van der Waals surface area contributed by atoms with E-state index in [1.54, 1.807) is 19.1 Å². The summed E-state index contributed by atoms with van der Waals surface area (Å²) in [6.45, 7) is 1.56. The van der Waals surface area contributed by atoms with E-state index in [2.05, 4.69) is 0 Å². The van der Waals surface area contributed by atoms with Gasteiger partial charge in [-0.3, -0.25) is 10.1 Å². The van der Waals surface area contributed by atoms with Crippen LogP contribution in [-0.2, 0) is 0 Å². The maximum Gasteiger partial charge on any atom is 0.276 e. The van der Waals surface area contributed by atoms with Crippen LogP contribution in [0.3, 0.4) is 0 Å². The van der Waals surface area contributed by atoms with Crippen molar-refractivity contribution in [1.29, 1.82) is 0 Å². The number of halogens is 1. The standard InChI is InChI=1S/C15H14FNO4/c1-10-2-7-13(8-14(10)17(19)20)21-9-15(18)11-3-5-12(16)6-4-11/h2-8,15,18H,9H2,1H3. The molecule has 110 valence electrons. The first-order valence-corrected chi connectivity index (χ1v) is 6.29. The SMILES string of the molecule is Cc1ccc(OCC(O)c2ccc(F)cc2)cc1[N+](=O)[O-]. The van der Waals surface area contributed by atoms with Crippen molar-refractivity contribution in [3.63, 3.8) is 0 Å². The Labute approximate surface area is 120 Å². The zero-order chi connectivity index (χ0) is 15.4. The van der Waals surface area contributed by atoms with Gasteiger partial charge in [0.15, 0.2) is 0 Å². The van der Waals surface area contributed by atoms with Crippen molar-refractivity contribution < 1.29 is 19.2 Å². The molecule has 0 radical (unpaired) electrons. The molecule has 2 aromatic carbocycles. The third-order valence-corrected chi connectivity index (χ3v) is 3.04. The molecule has 0 amide bonds. The van der Waals surface area contributed by atoms with Crippen LogP contribution in [0.1, 0.15) is 17.2 Å². The lowest BCUT2D eigenvalue weighted by Crippen LogP contribution is -2.09. The maximum atomic E-state index is 12.8. The quantitative estimate of drug-likeness (QED) is 0.678. The van der Waals surface area contributed by atoms with E-state index in [1.165, 1.54) is 30.3 Å². The Kier molecular flexibility index (Phi) is 4.49. The second-order valence-corrected chi connectivity index (χ2v) is 4.58. The lowest BCUT2D eigenvalue weighted by atomic mass is 10.1. The van der Waals surface area contributed by atoms with E-state index in [0.717, 1.165) is 0 Å². The van der Waals surface area contributed by atoms with Crippen molar-refractivity contribution in [2.24, 2.45) is 0 Å². The van der Waals surface area contributed by atoms with Gasteiger partial charge >= 0.3 is 0 Å². The molecule has 2 rings (SSSR count). The van der Waals surface area contributed by atoms with Gasteiger partial charge in [0.25, 0.3) is 5.69 Å². The first-order valence-electron chi connectivity index (χ1n) is 6.29. The molecule has 1 atom stereocenters. The minimum Gasteiger partial charge on any atom is -0.490 e. The van der Waals surface area contributed by atoms with E-state index in [1.807, 2.05) is 0 Å². The van der Waals surface area contributed by atoms with Gasteiger partial charge in [0.1, 0.15) is 24.3 Å². The summed E-state index contributed by atoms with van der Waals surface area (Å²) in [4.78, 5) is 10.3. The topological polar surface area (TPSA) is 72.6 Å². The number of nitrogens with zero attached hydrogens (tertiary/aromatic N) is 1. The number of nitro groups is 1. The number of aliphatic hydroxyl groups excluding tert-OH is 1. The highest BCUT2D eigenvalue weighted by Crippen LogP contribution is 2.25. The zero-order valence-electron chi connectivity index (χ0n) is 11.3. The van der Waals surface area contributed by atoms with Gasteiger partial charge in [-0.2, -0.15) is 0 Å². The molecule has 21 heavy (non-hydrogen) atoms. The van der Waals surface area contributed by atoms with Crippen LogP contribution in [0, 0.1) is 22.9 Å². The second kappa shape index (κ2) is 6.32. The summed E-state index contributed by atoms with van der Waals surface area (Å²) in [5.41, 5.74) is 1.01. The highest BCUT2D eigenvalue weighted by atomic mass is 19.1. The predicted octanol–water partition coefficient (Wildman–Crippen LogP) is 3.15. The molecule has 0 aromatic heterocycles. The molecular formula is C15H14FNO4. The summed E-state index contributed by atoms with van der Waals surface area (Å²) < 4.78 is 18.1. The van der Waals surface area contributed by atoms with E-state index in [0.29, 0.717) is 16.9 Å². The number of nitro benzene ring substituents is 1. The molecule has 0 aliphatic carbocycles. The van der Waals surface area contributed by atoms with Crippen molar-refractivity contribution in [1.82, 2.24) is 0 Å². The lowest BCUT2D eigenvalue weighted by Gasteiger charge is -2.13. The Hall–Kier alpha value is -2.47. The Morgan fingerprint density at radius 2 is 1.95 bits per heavy atom. The predicted molar refractivity (Wildman–Crippen MR) is 74.7 cm³/mol. The van der Waals surface area contributed by atoms with Gasteiger partial charge in [-0.1, -0.05) is 12.1 Å². The highest BCUT2D eigenvalue weighted by Gasteiger charge is 2.13. The van der Waals surface area contributed by atoms with Gasteiger partial charge in [0, 0.05) is 5.56 Å². The van der Waals surface area contributed by atoms with Crippen LogP contribution in [0.5, 0.6) is 5.75 Å². The molecule has 6 heteroatoms. The fraction of sp³-hybridized carbons (Fsp3) is 0.200. The summed E-state index contributed by atoms with van der Waals surface area (Å²) in [5.74, 6) is -0.0884. The van der Waals surface area contributed by atoms with Gasteiger partial charge in [0.2, 0.25) is 0 Å². The number of hydrogen-bond acceptors (Lipinski definition) is 4. The first kappa shape index (κ1) is 14.9. The molecule has 1 unspecified atom stereocenters. The smallest absolute Gasteiger partial charge is 0.276 e. The molecule has 0 spiro atoms. The molecule has 0 bridgehead atoms. The van der Waals surface area contributed by atoms with E-state index >= 15 is 0 Å². The molecule has 1 N–H and O–H groups in total. The summed E-state index contributed by atoms with van der Waals surface area (Å²) in [7, 11) is 0. The Morgan fingerprint density at radius 3 is 2.57 bits per heavy atom. The summed E-state index contributed by atoms with van der Waals surface area (Å²) in [5, 5.41) is 20.8. The number of ether oxygens (including phenoxy) is 1. The maximum absolute atomic E-state index is 12.8. The van der Waals surface area contributed by atoms with Gasteiger partial charge in [0.05, 0.1) is 11.0 Å². The van der Waals surface area contributed by atoms with Crippen LogP contribution < -0.4 is 4.74 Å². The summed E-state index contributed by atoms with van der Waals surface area (Å²) in [6.07, 6.45) is -0.939. The normalized spacial score (nSPS) is 12.0. The summed E-state index contributed by atoms with van der Waals surface area (Å²) >= 11 is 0. The van der Waals surface area contributed by atoms with Crippen molar-refractivity contribution in [2.45, 2.75) is 13.0 Å². The minimum atomic E-state index is -0.939. The Morgan fingerprint density at radius 1 is 1.29 bits per heavy atom. The molecule has 0 saturated heterocycles. The van der Waals surface area contributed by atoms with Gasteiger partial charge in [-0.15, -0.1) is 0 Å². The van der Waals surface area contributed by atoms with Gasteiger partial charge < -0.3 is 9.84 Å². The molecule has 0 fully saturated rings. The van der Waals surface area contributed by atoms with Crippen molar-refractivity contribution >= 4 is 5.69 Å². The molecule has 0 aliphatic rings. The van der Waals surface area contributed by atoms with Crippen LogP contribution in [0.25, 0.3) is 0 Å². The average Bonchev–Trinajstić information content (AvgIpc) is 2.46. The number of aliphatic hydroxyl groups is 1. The second-order valence-electron chi connectivity index (χ2n) is 4.58. The number of aryl methyl sites for hydroxylation is 1. The Bertz CT molecular complexity index is 643. The van der Waals surface area contributed by atoms with Crippen molar-refractivity contribution in [3.05, 3.63) is 69.5 Å². The van der Waals surface area contributed by atoms with E-state index in [-0.39, 0.29) is 18.1 Å². The zero-order valence-corrected chi connectivity index (χ0v) is 11.3. The van der Waals surface area contributed by atoms with Crippen LogP contribution in [0.4, 0.5) is 10.1 Å². The van der Waals surface area contributed by atoms with Crippen LogP contribution >= 0.6 is 0 Å². The third-order valence-electron chi connectivity index (χ3n) is 3.04. The summed E-state index contributed by atoms with van der Waals surface area (Å²) in [6, 6.07) is 9.90. The van der Waals surface area contributed by atoms with Crippen molar-refractivity contribution in [3.8, 4) is 5.75 Å². The fourth-order valence-corrected chi connectivity index (χ4v) is 1.83. The van der Waals surface area contributed by atoms with Gasteiger partial charge in [-0.05, 0) is 36.8 Å². The Balaban J connectivity index is 2.04. The molecule has 0 heterocycles. The van der Waals surface area contributed by atoms with Gasteiger partial charge in [-0.25, -0.2) is 4.39 Å². The first-order chi connectivity index (χ1) is 9.97. The molecule has 0 aliphatic heterocycles. The number of benzene rings is 2. The minimum absolute atomic E-state index is 0.0382. The van der Waals surface area contributed by atoms with E-state index in [9.17, 15) is 19.6 Å². The average molecular weight is 291 g/mol. The van der Waals surface area contributed by atoms with Crippen LogP contribution in [0.2, 0.25) is 0 Å². The van der Waals surface area contributed by atoms with E-state index < -0.39 is 11.0 Å². The molecule has 5 nitrogen and oxygen atoms in total.